The van der Waals surface area contributed by atoms with Gasteiger partial charge in [-0.25, -0.2) is 0 Å². The number of nitrogens with zero attached hydrogens (tertiary/aromatic N) is 2. The number of Topliss-reactive ketones (excluding diaryl/α,β-unsaturated/α-hetero) is 4. The smallest absolute Gasteiger partial charge is 0.235 e. The Labute approximate surface area is 215 Å². The molecule has 0 aromatic heterocycles. The van der Waals surface area contributed by atoms with Crippen LogP contribution in [0.25, 0.3) is 0 Å². The molecule has 10 heteroatoms. The molecule has 4 N–H and O–H groups in total. The molecule has 37 heavy (non-hydrogen) atoms. The largest absolute Gasteiger partial charge is 0.507 e. The van der Waals surface area contributed by atoms with Gasteiger partial charge >= 0.3 is 0 Å². The van der Waals surface area contributed by atoms with Crippen LogP contribution in [0.3, 0.4) is 0 Å². The molecule has 0 bridgehead atoms. The van der Waals surface area contributed by atoms with E-state index in [0.29, 0.717) is 11.1 Å². The van der Waals surface area contributed by atoms with E-state index in [9.17, 15) is 34.2 Å². The van der Waals surface area contributed by atoms with Crippen molar-refractivity contribution in [1.82, 2.24) is 4.90 Å². The van der Waals surface area contributed by atoms with E-state index in [1.54, 1.807) is 14.1 Å². The Bertz CT molecular complexity index is 1250. The van der Waals surface area contributed by atoms with Crippen LogP contribution in [0.1, 0.15) is 48.7 Å². The van der Waals surface area contributed by atoms with Crippen LogP contribution >= 0.6 is 0 Å². The zero-order valence-corrected chi connectivity index (χ0v) is 22.3. The number of phenols is 1. The number of primary amides is 1. The van der Waals surface area contributed by atoms with Gasteiger partial charge in [0.25, 0.3) is 0 Å². The molecule has 0 spiro atoms. The lowest BCUT2D eigenvalue weighted by atomic mass is 9.52. The fraction of sp³-hybridized carbons (Fsp3) is 0.593. The number of carbonyl (C=O) groups is 5. The SMILES string of the molecule is CN(C)c1cc(C(C)(C)C)c(O)c2c1CC1CC3C(N(C)C)C(=O)C(C(N)=O)C(=O)C3(O)C(=O)C1C2=O. The molecule has 6 atom stereocenters. The predicted molar refractivity (Wildman–Crippen MR) is 134 cm³/mol. The summed E-state index contributed by atoms with van der Waals surface area (Å²) >= 11 is 0. The average Bonchev–Trinajstić information content (AvgIpc) is 2.74. The van der Waals surface area contributed by atoms with Crippen LogP contribution in [0.15, 0.2) is 6.07 Å². The van der Waals surface area contributed by atoms with Crippen molar-refractivity contribution in [3.63, 3.8) is 0 Å². The maximum atomic E-state index is 14.0. The van der Waals surface area contributed by atoms with Crippen LogP contribution in [0, 0.1) is 23.7 Å². The lowest BCUT2D eigenvalue weighted by Crippen LogP contribution is -2.74. The van der Waals surface area contributed by atoms with Crippen LogP contribution in [0.5, 0.6) is 5.75 Å². The maximum absolute atomic E-state index is 14.0. The number of anilines is 1. The molecule has 6 unspecified atom stereocenters. The number of aromatic hydroxyl groups is 1. The van der Waals surface area contributed by atoms with Crippen molar-refractivity contribution in [3.8, 4) is 5.75 Å². The fourth-order valence-electron chi connectivity index (χ4n) is 6.62. The van der Waals surface area contributed by atoms with Crippen molar-refractivity contribution in [2.24, 2.45) is 29.4 Å². The summed E-state index contributed by atoms with van der Waals surface area (Å²) in [5.41, 5.74) is 3.97. The second kappa shape index (κ2) is 8.46. The molecular weight excluding hydrogens is 478 g/mol. The van der Waals surface area contributed by atoms with Gasteiger partial charge in [-0.1, -0.05) is 20.8 Å². The van der Waals surface area contributed by atoms with Crippen molar-refractivity contribution in [3.05, 3.63) is 22.8 Å². The van der Waals surface area contributed by atoms with E-state index in [1.807, 2.05) is 45.8 Å². The lowest BCUT2D eigenvalue weighted by Gasteiger charge is -2.52. The van der Waals surface area contributed by atoms with E-state index < -0.39 is 69.8 Å². The molecule has 2 fully saturated rings. The molecule has 4 rings (SSSR count). The number of hydrogen-bond acceptors (Lipinski definition) is 9. The van der Waals surface area contributed by atoms with E-state index in [-0.39, 0.29) is 24.2 Å². The van der Waals surface area contributed by atoms with Gasteiger partial charge in [0, 0.05) is 31.3 Å². The van der Waals surface area contributed by atoms with Gasteiger partial charge in [-0.15, -0.1) is 0 Å². The number of carbonyl (C=O) groups excluding carboxylic acids is 5. The zero-order chi connectivity index (χ0) is 27.9. The van der Waals surface area contributed by atoms with Gasteiger partial charge in [-0.3, -0.25) is 28.9 Å². The molecule has 0 radical (unpaired) electrons. The van der Waals surface area contributed by atoms with E-state index in [0.717, 1.165) is 5.69 Å². The molecule has 3 aliphatic carbocycles. The van der Waals surface area contributed by atoms with E-state index in [2.05, 4.69) is 0 Å². The summed E-state index contributed by atoms with van der Waals surface area (Å²) in [5, 5.41) is 22.9. The quantitative estimate of drug-likeness (QED) is 0.481. The number of phenolic OH excluding ortho intramolecular Hbond substituents is 1. The van der Waals surface area contributed by atoms with Gasteiger partial charge in [0.15, 0.2) is 34.7 Å². The van der Waals surface area contributed by atoms with Crippen molar-refractivity contribution in [1.29, 1.82) is 0 Å². The Hall–Kier alpha value is -3.11. The number of amides is 1. The normalized spacial score (nSPS) is 31.6. The Balaban J connectivity index is 1.93. The first-order valence-electron chi connectivity index (χ1n) is 12.4. The summed E-state index contributed by atoms with van der Waals surface area (Å²) in [7, 11) is 6.77. The second-order valence-corrected chi connectivity index (χ2v) is 12.1. The van der Waals surface area contributed by atoms with E-state index in [4.69, 9.17) is 5.73 Å². The van der Waals surface area contributed by atoms with Crippen LogP contribution in [0.2, 0.25) is 0 Å². The summed E-state index contributed by atoms with van der Waals surface area (Å²) < 4.78 is 0. The molecule has 10 nitrogen and oxygen atoms in total. The van der Waals surface area contributed by atoms with Crippen LogP contribution in [-0.2, 0) is 31.0 Å². The molecule has 200 valence electrons. The van der Waals surface area contributed by atoms with Crippen molar-refractivity contribution in [2.45, 2.75) is 50.7 Å². The maximum Gasteiger partial charge on any atom is 0.235 e. The third-order valence-corrected chi connectivity index (χ3v) is 8.33. The lowest BCUT2D eigenvalue weighted by molar-refractivity contribution is -0.181. The number of ketones is 4. The second-order valence-electron chi connectivity index (χ2n) is 12.1. The summed E-state index contributed by atoms with van der Waals surface area (Å²) in [6, 6.07) is 0.725. The highest BCUT2D eigenvalue weighted by molar-refractivity contribution is 6.32. The molecule has 0 heterocycles. The summed E-state index contributed by atoms with van der Waals surface area (Å²) in [4.78, 5) is 69.8. The molecule has 0 aliphatic heterocycles. The summed E-state index contributed by atoms with van der Waals surface area (Å²) in [5.74, 6) is -10.3. The number of rotatable bonds is 3. The van der Waals surface area contributed by atoms with E-state index in [1.165, 1.54) is 4.90 Å². The highest BCUT2D eigenvalue weighted by Crippen LogP contribution is 2.53. The Morgan fingerprint density at radius 2 is 1.68 bits per heavy atom. The predicted octanol–water partition coefficient (Wildman–Crippen LogP) is 0.231. The van der Waals surface area contributed by atoms with Gasteiger partial charge in [-0.2, -0.15) is 0 Å². The van der Waals surface area contributed by atoms with E-state index >= 15 is 0 Å². The molecule has 0 saturated heterocycles. The fourth-order valence-corrected chi connectivity index (χ4v) is 6.62. The minimum absolute atomic E-state index is 0.0164. The van der Waals surface area contributed by atoms with Gasteiger partial charge in [0.2, 0.25) is 5.91 Å². The Kier molecular flexibility index (Phi) is 6.16. The minimum Gasteiger partial charge on any atom is -0.507 e. The number of aliphatic hydroxyl groups is 1. The summed E-state index contributed by atoms with van der Waals surface area (Å²) in [6.45, 7) is 5.68. The zero-order valence-electron chi connectivity index (χ0n) is 22.3. The standard InChI is InChI=1S/C27H35N3O7/c1-26(2,3)14-10-15(29(4)5)12-8-11-9-13-19(30(6)7)22(33)18(25(28)36)24(35)27(13,37)23(34)16(11)21(32)17(12)20(14)31/h10-11,13,16,18-19,31,37H,8-9H2,1-7H3,(H2,28,36). The first-order chi connectivity index (χ1) is 17.0. The van der Waals surface area contributed by atoms with Crippen molar-refractivity contribution < 1.29 is 34.2 Å². The minimum atomic E-state index is -2.72. The van der Waals surface area contributed by atoms with Gasteiger partial charge in [0.1, 0.15) is 5.75 Å². The highest BCUT2D eigenvalue weighted by Gasteiger charge is 2.69. The van der Waals surface area contributed by atoms with Gasteiger partial charge in [0.05, 0.1) is 17.5 Å². The van der Waals surface area contributed by atoms with Gasteiger partial charge < -0.3 is 20.8 Å². The molecule has 1 aromatic rings. The number of nitrogens with two attached hydrogens (primary N) is 1. The number of likely N-dealkylation sites (N-methyl/N-ethyl adjacent to an activating group) is 1. The molecule has 1 aromatic carbocycles. The number of fused-ring (bicyclic) bond motifs is 3. The van der Waals surface area contributed by atoms with Crippen molar-refractivity contribution in [2.75, 3.05) is 33.1 Å². The Morgan fingerprint density at radius 3 is 2.16 bits per heavy atom. The Morgan fingerprint density at radius 1 is 1.08 bits per heavy atom. The first-order valence-corrected chi connectivity index (χ1v) is 12.4. The molecular formula is C27H35N3O7. The molecule has 2 saturated carbocycles. The average molecular weight is 514 g/mol. The summed E-state index contributed by atoms with van der Waals surface area (Å²) in [6.07, 6.45) is 0.260. The monoisotopic (exact) mass is 513 g/mol. The van der Waals surface area contributed by atoms with Crippen molar-refractivity contribution >= 4 is 34.7 Å². The highest BCUT2D eigenvalue weighted by atomic mass is 16.3. The van der Waals surface area contributed by atoms with Crippen LogP contribution in [0.4, 0.5) is 5.69 Å². The molecule has 1 amide bonds. The topological polar surface area (TPSA) is 158 Å². The third kappa shape index (κ3) is 3.64. The van der Waals surface area contributed by atoms with Crippen LogP contribution in [-0.4, -0.2) is 84.0 Å². The molecule has 3 aliphatic rings. The van der Waals surface area contributed by atoms with Crippen LogP contribution < -0.4 is 10.6 Å². The number of benzene rings is 1. The first kappa shape index (κ1) is 26.9. The third-order valence-electron chi connectivity index (χ3n) is 8.33. The number of hydrogen-bond donors (Lipinski definition) is 3. The van der Waals surface area contributed by atoms with Gasteiger partial charge in [-0.05, 0) is 49.9 Å².